The van der Waals surface area contributed by atoms with Crippen LogP contribution in [0.15, 0.2) is 48.0 Å². The minimum atomic E-state index is 0.0466. The van der Waals surface area contributed by atoms with Gasteiger partial charge in [0.15, 0.2) is 0 Å². The number of aromatic nitrogens is 1. The molecular formula is C18H18N2O2S. The predicted molar refractivity (Wildman–Crippen MR) is 92.0 cm³/mol. The fourth-order valence-electron chi connectivity index (χ4n) is 3.18. The molecule has 2 aromatic heterocycles. The predicted octanol–water partition coefficient (Wildman–Crippen LogP) is 3.42. The molecule has 3 heterocycles. The van der Waals surface area contributed by atoms with Gasteiger partial charge in [-0.25, -0.2) is 0 Å². The Balaban J connectivity index is 1.84. The summed E-state index contributed by atoms with van der Waals surface area (Å²) < 4.78 is 5.49. The normalized spacial score (nSPS) is 17.4. The standard InChI is InChI=1S/C18H18N2O2S/c21-18-14(6-5-13-3-1-7-19-16(13)18)17(15-4-2-12-23-15)20-8-10-22-11-9-20/h1-7,12,17,21H,8-11H2/t17-/m1/s1. The van der Waals surface area contributed by atoms with E-state index in [1.165, 1.54) is 4.88 Å². The zero-order valence-corrected chi connectivity index (χ0v) is 13.5. The first-order chi connectivity index (χ1) is 11.3. The fraction of sp³-hybridized carbons (Fsp3) is 0.278. The molecule has 5 heteroatoms. The van der Waals surface area contributed by atoms with Gasteiger partial charge in [-0.05, 0) is 17.5 Å². The van der Waals surface area contributed by atoms with E-state index in [-0.39, 0.29) is 11.8 Å². The first-order valence-electron chi connectivity index (χ1n) is 7.76. The Hall–Kier alpha value is -1.95. The first kappa shape index (κ1) is 14.6. The van der Waals surface area contributed by atoms with Gasteiger partial charge in [0.05, 0.1) is 19.3 Å². The molecule has 0 saturated carbocycles. The fourth-order valence-corrected chi connectivity index (χ4v) is 4.05. The average molecular weight is 326 g/mol. The van der Waals surface area contributed by atoms with Crippen LogP contribution in [0.5, 0.6) is 5.75 Å². The molecule has 1 N–H and O–H groups in total. The Kier molecular flexibility index (Phi) is 3.99. The maximum atomic E-state index is 10.8. The van der Waals surface area contributed by atoms with Crippen molar-refractivity contribution in [3.63, 3.8) is 0 Å². The summed E-state index contributed by atoms with van der Waals surface area (Å²) >= 11 is 1.72. The van der Waals surface area contributed by atoms with E-state index in [2.05, 4.69) is 27.4 Å². The number of phenols is 1. The van der Waals surface area contributed by atoms with Crippen LogP contribution in [0.2, 0.25) is 0 Å². The lowest BCUT2D eigenvalue weighted by molar-refractivity contribution is 0.0242. The van der Waals surface area contributed by atoms with Crippen molar-refractivity contribution < 1.29 is 9.84 Å². The second-order valence-corrected chi connectivity index (χ2v) is 6.62. The second-order valence-electron chi connectivity index (χ2n) is 5.64. The molecule has 1 aliphatic heterocycles. The zero-order valence-electron chi connectivity index (χ0n) is 12.7. The molecule has 118 valence electrons. The minimum Gasteiger partial charge on any atom is -0.505 e. The number of phenolic OH excluding ortho intramolecular Hbond substituents is 1. The van der Waals surface area contributed by atoms with E-state index in [4.69, 9.17) is 4.74 Å². The van der Waals surface area contributed by atoms with E-state index in [1.54, 1.807) is 17.5 Å². The molecule has 1 saturated heterocycles. The Bertz CT molecular complexity index is 798. The van der Waals surface area contributed by atoms with Crippen molar-refractivity contribution in [2.75, 3.05) is 26.3 Å². The average Bonchev–Trinajstić information content (AvgIpc) is 3.13. The molecule has 1 atom stereocenters. The molecule has 1 aromatic carbocycles. The summed E-state index contributed by atoms with van der Waals surface area (Å²) in [7, 11) is 0. The van der Waals surface area contributed by atoms with Gasteiger partial charge in [0, 0.05) is 35.1 Å². The Morgan fingerprint density at radius 1 is 1.13 bits per heavy atom. The highest BCUT2D eigenvalue weighted by Crippen LogP contribution is 2.39. The van der Waals surface area contributed by atoms with Crippen LogP contribution in [-0.2, 0) is 4.74 Å². The van der Waals surface area contributed by atoms with Crippen molar-refractivity contribution in [1.29, 1.82) is 0 Å². The highest BCUT2D eigenvalue weighted by atomic mass is 32.1. The van der Waals surface area contributed by atoms with Gasteiger partial charge in [0.1, 0.15) is 11.3 Å². The van der Waals surface area contributed by atoms with Crippen molar-refractivity contribution >= 4 is 22.2 Å². The summed E-state index contributed by atoms with van der Waals surface area (Å²) in [5, 5.41) is 13.9. The topological polar surface area (TPSA) is 45.6 Å². The number of benzene rings is 1. The summed E-state index contributed by atoms with van der Waals surface area (Å²) in [6, 6.07) is 12.2. The number of hydrogen-bond acceptors (Lipinski definition) is 5. The number of thiophene rings is 1. The number of fused-ring (bicyclic) bond motifs is 1. The first-order valence-corrected chi connectivity index (χ1v) is 8.64. The maximum Gasteiger partial charge on any atom is 0.146 e. The monoisotopic (exact) mass is 326 g/mol. The molecule has 4 nitrogen and oxygen atoms in total. The number of rotatable bonds is 3. The number of pyridine rings is 1. The molecule has 4 rings (SSSR count). The highest BCUT2D eigenvalue weighted by Gasteiger charge is 2.28. The maximum absolute atomic E-state index is 10.8. The lowest BCUT2D eigenvalue weighted by Gasteiger charge is -2.34. The van der Waals surface area contributed by atoms with Gasteiger partial charge in [0.25, 0.3) is 0 Å². The minimum absolute atomic E-state index is 0.0466. The highest BCUT2D eigenvalue weighted by molar-refractivity contribution is 7.10. The number of nitrogens with zero attached hydrogens (tertiary/aromatic N) is 2. The van der Waals surface area contributed by atoms with E-state index in [1.807, 2.05) is 24.3 Å². The van der Waals surface area contributed by atoms with E-state index in [0.29, 0.717) is 5.52 Å². The van der Waals surface area contributed by atoms with Gasteiger partial charge in [0.2, 0.25) is 0 Å². The molecule has 0 amide bonds. The van der Waals surface area contributed by atoms with Gasteiger partial charge >= 0.3 is 0 Å². The summed E-state index contributed by atoms with van der Waals surface area (Å²) in [5.41, 5.74) is 1.58. The van der Waals surface area contributed by atoms with E-state index >= 15 is 0 Å². The third kappa shape index (κ3) is 2.72. The van der Waals surface area contributed by atoms with Crippen molar-refractivity contribution in [2.45, 2.75) is 6.04 Å². The second kappa shape index (κ2) is 6.28. The van der Waals surface area contributed by atoms with Crippen LogP contribution < -0.4 is 0 Å². The van der Waals surface area contributed by atoms with Crippen molar-refractivity contribution in [1.82, 2.24) is 9.88 Å². The van der Waals surface area contributed by atoms with Crippen LogP contribution in [0.25, 0.3) is 10.9 Å². The van der Waals surface area contributed by atoms with Crippen LogP contribution in [-0.4, -0.2) is 41.3 Å². The summed E-state index contributed by atoms with van der Waals surface area (Å²) in [6.45, 7) is 3.19. The summed E-state index contributed by atoms with van der Waals surface area (Å²) in [6.07, 6.45) is 1.72. The smallest absolute Gasteiger partial charge is 0.146 e. The molecule has 1 aliphatic rings. The quantitative estimate of drug-likeness (QED) is 0.801. The van der Waals surface area contributed by atoms with Crippen LogP contribution in [0.3, 0.4) is 0 Å². The lowest BCUT2D eigenvalue weighted by atomic mass is 9.99. The molecule has 0 unspecified atom stereocenters. The van der Waals surface area contributed by atoms with Gasteiger partial charge in [-0.1, -0.05) is 24.3 Å². The van der Waals surface area contributed by atoms with Crippen LogP contribution in [0.4, 0.5) is 0 Å². The number of morpholine rings is 1. The Labute approximate surface area is 139 Å². The zero-order chi connectivity index (χ0) is 15.6. The van der Waals surface area contributed by atoms with Gasteiger partial charge in [-0.15, -0.1) is 11.3 Å². The van der Waals surface area contributed by atoms with Gasteiger partial charge in [-0.2, -0.15) is 0 Å². The van der Waals surface area contributed by atoms with E-state index in [0.717, 1.165) is 37.3 Å². The summed E-state index contributed by atoms with van der Waals surface area (Å²) in [5.74, 6) is 0.285. The lowest BCUT2D eigenvalue weighted by Crippen LogP contribution is -2.39. The Morgan fingerprint density at radius 2 is 2.00 bits per heavy atom. The number of aromatic hydroxyl groups is 1. The molecule has 0 spiro atoms. The third-order valence-electron chi connectivity index (χ3n) is 4.30. The van der Waals surface area contributed by atoms with Gasteiger partial charge in [-0.3, -0.25) is 9.88 Å². The van der Waals surface area contributed by atoms with Crippen molar-refractivity contribution in [2.24, 2.45) is 0 Å². The van der Waals surface area contributed by atoms with Gasteiger partial charge < -0.3 is 9.84 Å². The molecule has 23 heavy (non-hydrogen) atoms. The molecule has 1 fully saturated rings. The molecule has 0 radical (unpaired) electrons. The van der Waals surface area contributed by atoms with Crippen LogP contribution in [0, 0.1) is 0 Å². The van der Waals surface area contributed by atoms with Crippen LogP contribution >= 0.6 is 11.3 Å². The largest absolute Gasteiger partial charge is 0.505 e. The van der Waals surface area contributed by atoms with Crippen molar-refractivity contribution in [3.05, 3.63) is 58.4 Å². The number of ether oxygens (including phenoxy) is 1. The van der Waals surface area contributed by atoms with Crippen molar-refractivity contribution in [3.8, 4) is 5.75 Å². The SMILES string of the molecule is Oc1c([C@H](c2cccs2)N2CCOCC2)ccc2cccnc12. The van der Waals surface area contributed by atoms with E-state index < -0.39 is 0 Å². The third-order valence-corrected chi connectivity index (χ3v) is 5.22. The van der Waals surface area contributed by atoms with Crippen LogP contribution in [0.1, 0.15) is 16.5 Å². The molecular weight excluding hydrogens is 308 g/mol. The Morgan fingerprint density at radius 3 is 2.78 bits per heavy atom. The molecule has 3 aromatic rings. The molecule has 0 bridgehead atoms. The summed E-state index contributed by atoms with van der Waals surface area (Å²) in [4.78, 5) is 7.97. The number of hydrogen-bond donors (Lipinski definition) is 1. The molecule has 0 aliphatic carbocycles. The van der Waals surface area contributed by atoms with E-state index in [9.17, 15) is 5.11 Å².